The number of hydrogen-bond donors (Lipinski definition) is 1. The fraction of sp³-hybridized carbons (Fsp3) is 0.267. The Bertz CT molecular complexity index is 783. The Balaban J connectivity index is 1.87. The highest BCUT2D eigenvalue weighted by atomic mass is 32.1. The van der Waals surface area contributed by atoms with Crippen molar-refractivity contribution in [2.75, 3.05) is 11.9 Å². The van der Waals surface area contributed by atoms with Crippen LogP contribution in [0.1, 0.15) is 13.8 Å². The van der Waals surface area contributed by atoms with Crippen LogP contribution in [0.15, 0.2) is 34.3 Å². The molecule has 0 spiro atoms. The van der Waals surface area contributed by atoms with Crippen molar-refractivity contribution >= 4 is 33.3 Å². The number of anilines is 1. The molecule has 3 heterocycles. The van der Waals surface area contributed by atoms with Crippen molar-refractivity contribution in [1.82, 2.24) is 9.97 Å². The Hall–Kier alpha value is -2.41. The number of fused-ring (bicyclic) bond motifs is 1. The van der Waals surface area contributed by atoms with Gasteiger partial charge in [0.05, 0.1) is 18.2 Å². The summed E-state index contributed by atoms with van der Waals surface area (Å²) in [5.41, 5.74) is 0. The van der Waals surface area contributed by atoms with Crippen molar-refractivity contribution in [3.05, 3.63) is 29.8 Å². The van der Waals surface area contributed by atoms with E-state index in [1.165, 1.54) is 18.3 Å². The van der Waals surface area contributed by atoms with Crippen LogP contribution in [-0.4, -0.2) is 28.6 Å². The Labute approximate surface area is 131 Å². The molecule has 0 saturated heterocycles. The largest absolute Gasteiger partial charge is 0.461 e. The third-order valence-corrected chi connectivity index (χ3v) is 3.80. The van der Waals surface area contributed by atoms with Gasteiger partial charge in [-0.1, -0.05) is 0 Å². The number of nitrogens with zero attached hydrogens (tertiary/aromatic N) is 2. The minimum absolute atomic E-state index is 0.242. The van der Waals surface area contributed by atoms with Gasteiger partial charge in [-0.25, -0.2) is 9.97 Å². The lowest BCUT2D eigenvalue weighted by Gasteiger charge is -2.14. The van der Waals surface area contributed by atoms with Crippen molar-refractivity contribution < 1.29 is 13.9 Å². The van der Waals surface area contributed by atoms with Crippen molar-refractivity contribution in [2.24, 2.45) is 0 Å². The number of furan rings is 1. The molecule has 0 fully saturated rings. The average Bonchev–Trinajstić information content (AvgIpc) is 3.14. The summed E-state index contributed by atoms with van der Waals surface area (Å²) in [6.07, 6.45) is 1.35. The summed E-state index contributed by atoms with van der Waals surface area (Å²) in [5, 5.41) is 6.12. The first-order valence-corrected chi connectivity index (χ1v) is 7.71. The molecule has 1 atom stereocenters. The van der Waals surface area contributed by atoms with Crippen LogP contribution >= 0.6 is 11.3 Å². The number of rotatable bonds is 5. The maximum absolute atomic E-state index is 11.0. The van der Waals surface area contributed by atoms with Crippen LogP contribution in [0.5, 0.6) is 0 Å². The van der Waals surface area contributed by atoms with E-state index in [4.69, 9.17) is 9.15 Å². The number of carbonyl (C=O) groups is 1. The number of carbonyl (C=O) groups excluding carboxylic acids is 1. The Kier molecular flexibility index (Phi) is 4.06. The molecular weight excluding hydrogens is 302 g/mol. The van der Waals surface area contributed by atoms with Gasteiger partial charge < -0.3 is 14.5 Å². The molecule has 3 aromatic heterocycles. The molecule has 3 rings (SSSR count). The highest BCUT2D eigenvalue weighted by Crippen LogP contribution is 2.28. The summed E-state index contributed by atoms with van der Waals surface area (Å²) in [6, 6.07) is 5.58. The van der Waals surface area contributed by atoms with E-state index < -0.39 is 0 Å². The van der Waals surface area contributed by atoms with Crippen LogP contribution in [0.4, 0.5) is 5.82 Å². The molecule has 114 valence electrons. The van der Waals surface area contributed by atoms with Crippen LogP contribution in [0.2, 0.25) is 0 Å². The van der Waals surface area contributed by atoms with Crippen molar-refractivity contribution in [3.63, 3.8) is 0 Å². The second-order valence-corrected chi connectivity index (χ2v) is 5.71. The molecule has 3 aromatic rings. The Morgan fingerprint density at radius 2 is 2.32 bits per heavy atom. The van der Waals surface area contributed by atoms with Gasteiger partial charge in [0.1, 0.15) is 16.8 Å². The second-order valence-electron chi connectivity index (χ2n) is 4.81. The lowest BCUT2D eigenvalue weighted by Crippen LogP contribution is -2.22. The van der Waals surface area contributed by atoms with E-state index in [-0.39, 0.29) is 12.1 Å². The lowest BCUT2D eigenvalue weighted by atomic mass is 10.3. The summed E-state index contributed by atoms with van der Waals surface area (Å²) in [7, 11) is 0. The third-order valence-electron chi connectivity index (χ3n) is 2.99. The van der Waals surface area contributed by atoms with Crippen LogP contribution < -0.4 is 5.32 Å². The van der Waals surface area contributed by atoms with Gasteiger partial charge >= 0.3 is 5.97 Å². The van der Waals surface area contributed by atoms with Crippen LogP contribution in [0.25, 0.3) is 21.8 Å². The molecule has 22 heavy (non-hydrogen) atoms. The fourth-order valence-corrected chi connectivity index (χ4v) is 2.84. The van der Waals surface area contributed by atoms with E-state index in [1.807, 2.05) is 24.4 Å². The predicted molar refractivity (Wildman–Crippen MR) is 84.8 cm³/mol. The summed E-state index contributed by atoms with van der Waals surface area (Å²) in [6.45, 7) is 3.69. The number of hydrogen-bond acceptors (Lipinski definition) is 7. The zero-order valence-electron chi connectivity index (χ0n) is 12.2. The molecular formula is C15H15N3O3S. The topological polar surface area (TPSA) is 77.2 Å². The molecule has 0 aliphatic heterocycles. The number of nitrogens with one attached hydrogen (secondary N) is 1. The normalized spacial score (nSPS) is 12.3. The zero-order chi connectivity index (χ0) is 15.5. The number of ether oxygens (including phenoxy) is 1. The maximum atomic E-state index is 11.0. The van der Waals surface area contributed by atoms with Crippen molar-refractivity contribution in [1.29, 1.82) is 0 Å². The van der Waals surface area contributed by atoms with Crippen molar-refractivity contribution in [3.8, 4) is 11.6 Å². The van der Waals surface area contributed by atoms with Gasteiger partial charge in [-0.3, -0.25) is 4.79 Å². The minimum Gasteiger partial charge on any atom is -0.461 e. The molecule has 0 amide bonds. The Morgan fingerprint density at radius 3 is 3.05 bits per heavy atom. The van der Waals surface area contributed by atoms with Gasteiger partial charge in [-0.15, -0.1) is 11.3 Å². The Morgan fingerprint density at radius 1 is 1.45 bits per heavy atom. The van der Waals surface area contributed by atoms with Crippen molar-refractivity contribution in [2.45, 2.75) is 20.0 Å². The number of esters is 1. The van der Waals surface area contributed by atoms with E-state index in [2.05, 4.69) is 15.3 Å². The quantitative estimate of drug-likeness (QED) is 0.727. The fourth-order valence-electron chi connectivity index (χ4n) is 2.07. The summed E-state index contributed by atoms with van der Waals surface area (Å²) < 4.78 is 10.5. The van der Waals surface area contributed by atoms with Gasteiger partial charge in [0.25, 0.3) is 0 Å². The molecule has 7 heteroatoms. The average molecular weight is 317 g/mol. The van der Waals surface area contributed by atoms with Gasteiger partial charge in [-0.2, -0.15) is 0 Å². The van der Waals surface area contributed by atoms with E-state index >= 15 is 0 Å². The first kappa shape index (κ1) is 14.5. The van der Waals surface area contributed by atoms with Crippen LogP contribution in [-0.2, 0) is 9.53 Å². The van der Waals surface area contributed by atoms with Crippen LogP contribution in [0.3, 0.4) is 0 Å². The van der Waals surface area contributed by atoms with E-state index in [1.54, 1.807) is 12.3 Å². The first-order chi connectivity index (χ1) is 10.6. The van der Waals surface area contributed by atoms with Crippen LogP contribution in [0, 0.1) is 0 Å². The number of aromatic nitrogens is 2. The molecule has 0 aliphatic carbocycles. The molecule has 0 radical (unpaired) electrons. The maximum Gasteiger partial charge on any atom is 0.302 e. The van der Waals surface area contributed by atoms with Gasteiger partial charge in [-0.05, 0) is 30.5 Å². The first-order valence-electron chi connectivity index (χ1n) is 6.83. The standard InChI is InChI=1S/C15H15N3O3S/c1-9(21-10(2)19)8-16-13-11-5-7-22-15(11)18-14(17-13)12-4-3-6-20-12/h3-7,9H,8H2,1-2H3,(H,16,17,18). The highest BCUT2D eigenvalue weighted by Gasteiger charge is 2.13. The van der Waals surface area contributed by atoms with Gasteiger partial charge in [0.15, 0.2) is 11.6 Å². The van der Waals surface area contributed by atoms with E-state index in [0.717, 1.165) is 10.2 Å². The third kappa shape index (κ3) is 3.09. The summed E-state index contributed by atoms with van der Waals surface area (Å²) in [4.78, 5) is 20.9. The predicted octanol–water partition coefficient (Wildman–Crippen LogP) is 3.31. The van der Waals surface area contributed by atoms with E-state index in [9.17, 15) is 4.79 Å². The molecule has 6 nitrogen and oxygen atoms in total. The SMILES string of the molecule is CC(=O)OC(C)CNc1nc(-c2ccco2)nc2sccc12. The summed E-state index contributed by atoms with van der Waals surface area (Å²) in [5.74, 6) is 1.56. The molecule has 0 aliphatic rings. The smallest absolute Gasteiger partial charge is 0.302 e. The lowest BCUT2D eigenvalue weighted by molar-refractivity contribution is -0.144. The van der Waals surface area contributed by atoms with Gasteiger partial charge in [0, 0.05) is 6.92 Å². The monoisotopic (exact) mass is 317 g/mol. The molecule has 0 aromatic carbocycles. The molecule has 0 bridgehead atoms. The second kappa shape index (κ2) is 6.15. The zero-order valence-corrected chi connectivity index (χ0v) is 13.0. The molecule has 1 N–H and O–H groups in total. The van der Waals surface area contributed by atoms with Gasteiger partial charge in [0.2, 0.25) is 0 Å². The molecule has 1 unspecified atom stereocenters. The molecule has 0 saturated carbocycles. The summed E-state index contributed by atoms with van der Waals surface area (Å²) >= 11 is 1.54. The van der Waals surface area contributed by atoms with E-state index in [0.29, 0.717) is 23.9 Å². The minimum atomic E-state index is -0.297. The number of thiophene rings is 1. The highest BCUT2D eigenvalue weighted by molar-refractivity contribution is 7.16.